The normalized spacial score (nSPS) is 23.3. The lowest BCUT2D eigenvalue weighted by Crippen LogP contribution is -2.43. The van der Waals surface area contributed by atoms with Crippen LogP contribution in [0.3, 0.4) is 0 Å². The molecule has 24 heavy (non-hydrogen) atoms. The van der Waals surface area contributed by atoms with Crippen LogP contribution in [0.25, 0.3) is 0 Å². The third-order valence-corrected chi connectivity index (χ3v) is 5.76. The van der Waals surface area contributed by atoms with E-state index in [4.69, 9.17) is 4.74 Å². The lowest BCUT2D eigenvalue weighted by molar-refractivity contribution is 0.0302. The Morgan fingerprint density at radius 2 is 2.04 bits per heavy atom. The fraction of sp³-hybridized carbons (Fsp3) is 0.737. The second-order valence-electron chi connectivity index (χ2n) is 7.17. The van der Waals surface area contributed by atoms with Gasteiger partial charge in [-0.1, -0.05) is 6.42 Å². The van der Waals surface area contributed by atoms with Gasteiger partial charge in [-0.05, 0) is 50.9 Å². The first-order valence-corrected chi connectivity index (χ1v) is 9.28. The van der Waals surface area contributed by atoms with E-state index in [9.17, 15) is 5.26 Å². The number of rotatable bonds is 5. The monoisotopic (exact) mass is 330 g/mol. The van der Waals surface area contributed by atoms with E-state index >= 15 is 0 Å². The number of likely N-dealkylation sites (tertiary alicyclic amines) is 1. The molecule has 2 aliphatic heterocycles. The average Bonchev–Trinajstić information content (AvgIpc) is 2.90. The van der Waals surface area contributed by atoms with Crippen LogP contribution in [0.5, 0.6) is 0 Å². The highest BCUT2D eigenvalue weighted by Gasteiger charge is 2.24. The molecule has 2 saturated heterocycles. The molecule has 0 spiro atoms. The van der Waals surface area contributed by atoms with E-state index in [2.05, 4.69) is 28.9 Å². The summed E-state index contributed by atoms with van der Waals surface area (Å²) < 4.78 is 7.46. The van der Waals surface area contributed by atoms with Gasteiger partial charge in [-0.15, -0.1) is 0 Å². The van der Waals surface area contributed by atoms with Crippen LogP contribution < -0.4 is 0 Å². The highest BCUT2D eigenvalue weighted by atomic mass is 16.5. The summed E-state index contributed by atoms with van der Waals surface area (Å²) >= 11 is 0. The summed E-state index contributed by atoms with van der Waals surface area (Å²) in [5, 5.41) is 9.24. The van der Waals surface area contributed by atoms with Gasteiger partial charge in [0.1, 0.15) is 11.8 Å². The van der Waals surface area contributed by atoms with Gasteiger partial charge in [-0.25, -0.2) is 0 Å². The van der Waals surface area contributed by atoms with Gasteiger partial charge < -0.3 is 9.30 Å². The fourth-order valence-electron chi connectivity index (χ4n) is 4.00. The van der Waals surface area contributed by atoms with Gasteiger partial charge in [0.05, 0.1) is 13.2 Å². The number of nitrogens with zero attached hydrogens (tertiary/aromatic N) is 4. The Morgan fingerprint density at radius 1 is 1.25 bits per heavy atom. The van der Waals surface area contributed by atoms with Crippen LogP contribution >= 0.6 is 0 Å². The first-order valence-electron chi connectivity index (χ1n) is 9.28. The number of piperidine rings is 1. The molecule has 0 N–H and O–H groups in total. The number of ether oxygens (including phenoxy) is 1. The van der Waals surface area contributed by atoms with Crippen molar-refractivity contribution >= 4 is 0 Å². The van der Waals surface area contributed by atoms with E-state index in [1.54, 1.807) is 0 Å². The highest BCUT2D eigenvalue weighted by Crippen LogP contribution is 2.24. The first kappa shape index (κ1) is 17.5. The average molecular weight is 330 g/mol. The van der Waals surface area contributed by atoms with Crippen molar-refractivity contribution in [3.05, 3.63) is 23.0 Å². The predicted molar refractivity (Wildman–Crippen MR) is 94.8 cm³/mol. The number of hydrogen-bond acceptors (Lipinski definition) is 4. The van der Waals surface area contributed by atoms with Crippen molar-refractivity contribution in [3.8, 4) is 6.07 Å². The Morgan fingerprint density at radius 3 is 2.75 bits per heavy atom. The second kappa shape index (κ2) is 8.15. The summed E-state index contributed by atoms with van der Waals surface area (Å²) in [5.41, 5.74) is 3.31. The number of hydrogen-bond donors (Lipinski definition) is 0. The van der Waals surface area contributed by atoms with Crippen molar-refractivity contribution in [2.45, 2.75) is 45.2 Å². The third kappa shape index (κ3) is 4.00. The van der Waals surface area contributed by atoms with Crippen LogP contribution in [0.1, 0.15) is 42.6 Å². The van der Waals surface area contributed by atoms with Crippen molar-refractivity contribution in [2.75, 3.05) is 39.4 Å². The van der Waals surface area contributed by atoms with Crippen LogP contribution in [-0.4, -0.2) is 59.8 Å². The van der Waals surface area contributed by atoms with Crippen molar-refractivity contribution in [3.63, 3.8) is 0 Å². The molecule has 0 aromatic carbocycles. The molecule has 132 valence electrons. The van der Waals surface area contributed by atoms with Crippen LogP contribution in [0.15, 0.2) is 6.07 Å². The molecule has 0 bridgehead atoms. The van der Waals surface area contributed by atoms with Crippen LogP contribution in [-0.2, 0) is 18.3 Å². The minimum atomic E-state index is 0.673. The van der Waals surface area contributed by atoms with Crippen molar-refractivity contribution < 1.29 is 4.74 Å². The van der Waals surface area contributed by atoms with Gasteiger partial charge in [-0.3, -0.25) is 9.80 Å². The van der Waals surface area contributed by atoms with E-state index in [1.165, 1.54) is 50.0 Å². The number of aromatic nitrogens is 1. The van der Waals surface area contributed by atoms with E-state index in [0.717, 1.165) is 38.5 Å². The van der Waals surface area contributed by atoms with Crippen molar-refractivity contribution in [2.24, 2.45) is 7.05 Å². The summed E-state index contributed by atoms with van der Waals surface area (Å²) in [6, 6.07) is 5.04. The lowest BCUT2D eigenvalue weighted by Gasteiger charge is -2.37. The zero-order valence-corrected chi connectivity index (χ0v) is 15.1. The molecule has 0 aliphatic carbocycles. The molecular formula is C19H30N4O. The zero-order valence-electron chi connectivity index (χ0n) is 15.1. The Labute approximate surface area is 145 Å². The molecule has 5 heteroatoms. The summed E-state index contributed by atoms with van der Waals surface area (Å²) in [6.07, 6.45) is 5.20. The standard InChI is InChI=1S/C19H30N4O/c1-16-17(13-19(14-20)21(16)2)15-23-7-4-3-5-18(23)6-8-22-9-11-24-12-10-22/h13,18H,3-12,15H2,1-2H3/t18-/m0/s1. The maximum atomic E-state index is 9.24. The lowest BCUT2D eigenvalue weighted by atomic mass is 9.98. The van der Waals surface area contributed by atoms with Crippen molar-refractivity contribution in [1.82, 2.24) is 14.4 Å². The maximum absolute atomic E-state index is 9.24. The molecule has 3 rings (SSSR count). The molecule has 3 heterocycles. The quantitative estimate of drug-likeness (QED) is 0.831. The zero-order chi connectivity index (χ0) is 16.9. The molecule has 1 atom stereocenters. The Kier molecular flexibility index (Phi) is 5.94. The molecule has 2 fully saturated rings. The summed E-state index contributed by atoms with van der Waals surface area (Å²) in [6.45, 7) is 9.40. The van der Waals surface area contributed by atoms with E-state index in [0.29, 0.717) is 6.04 Å². The van der Waals surface area contributed by atoms with Gasteiger partial charge >= 0.3 is 0 Å². The van der Waals surface area contributed by atoms with Crippen LogP contribution in [0.2, 0.25) is 0 Å². The minimum absolute atomic E-state index is 0.673. The molecule has 1 aromatic rings. The fourth-order valence-corrected chi connectivity index (χ4v) is 4.00. The Bertz CT molecular complexity index is 583. The summed E-state index contributed by atoms with van der Waals surface area (Å²) in [5.74, 6) is 0. The first-order chi connectivity index (χ1) is 11.7. The van der Waals surface area contributed by atoms with E-state index < -0.39 is 0 Å². The van der Waals surface area contributed by atoms with Crippen LogP contribution in [0, 0.1) is 18.3 Å². The second-order valence-corrected chi connectivity index (χ2v) is 7.17. The largest absolute Gasteiger partial charge is 0.379 e. The molecular weight excluding hydrogens is 300 g/mol. The topological polar surface area (TPSA) is 44.4 Å². The molecule has 1 aromatic heterocycles. The van der Waals surface area contributed by atoms with Gasteiger partial charge in [0.2, 0.25) is 0 Å². The SMILES string of the molecule is Cc1c(CN2CCCC[C@H]2CCN2CCOCC2)cc(C#N)n1C. The third-order valence-electron chi connectivity index (χ3n) is 5.76. The smallest absolute Gasteiger partial charge is 0.120 e. The molecule has 0 unspecified atom stereocenters. The van der Waals surface area contributed by atoms with Gasteiger partial charge in [0, 0.05) is 38.4 Å². The highest BCUT2D eigenvalue weighted by molar-refractivity contribution is 5.34. The molecule has 0 radical (unpaired) electrons. The van der Waals surface area contributed by atoms with Crippen LogP contribution in [0.4, 0.5) is 0 Å². The van der Waals surface area contributed by atoms with Gasteiger partial charge in [0.25, 0.3) is 0 Å². The van der Waals surface area contributed by atoms with E-state index in [-0.39, 0.29) is 0 Å². The Hall–Kier alpha value is -1.35. The summed E-state index contributed by atoms with van der Waals surface area (Å²) in [4.78, 5) is 5.19. The van der Waals surface area contributed by atoms with Crippen molar-refractivity contribution in [1.29, 1.82) is 5.26 Å². The molecule has 5 nitrogen and oxygen atoms in total. The van der Waals surface area contributed by atoms with Gasteiger partial charge in [0.15, 0.2) is 0 Å². The van der Waals surface area contributed by atoms with Gasteiger partial charge in [-0.2, -0.15) is 5.26 Å². The number of morpholine rings is 1. The maximum Gasteiger partial charge on any atom is 0.120 e. The molecule has 0 amide bonds. The molecule has 2 aliphatic rings. The number of nitriles is 1. The predicted octanol–water partition coefficient (Wildman–Crippen LogP) is 2.28. The van der Waals surface area contributed by atoms with E-state index in [1.807, 2.05) is 11.6 Å². The summed E-state index contributed by atoms with van der Waals surface area (Å²) in [7, 11) is 1.99. The Balaban J connectivity index is 1.61. The minimum Gasteiger partial charge on any atom is -0.379 e. The molecule has 0 saturated carbocycles.